The fourth-order valence-electron chi connectivity index (χ4n) is 3.66. The number of rotatable bonds is 7. The molecule has 0 spiro atoms. The first-order valence-electron chi connectivity index (χ1n) is 11.0. The summed E-state index contributed by atoms with van der Waals surface area (Å²) in [5, 5.41) is 6.55. The number of alkyl halides is 3. The van der Waals surface area contributed by atoms with E-state index in [-0.39, 0.29) is 29.1 Å². The number of methoxy groups -OCH3 is 1. The molecule has 1 amide bonds. The van der Waals surface area contributed by atoms with Crippen LogP contribution in [0.2, 0.25) is 0 Å². The van der Waals surface area contributed by atoms with Gasteiger partial charge in [-0.05, 0) is 55.7 Å². The van der Waals surface area contributed by atoms with Gasteiger partial charge >= 0.3 is 12.1 Å². The molecular formula is C25H22F3N3O5. The molecule has 1 aliphatic carbocycles. The lowest BCUT2D eigenvalue weighted by Gasteiger charge is -2.16. The van der Waals surface area contributed by atoms with Crippen molar-refractivity contribution >= 4 is 18.0 Å². The highest BCUT2D eigenvalue weighted by atomic mass is 19.4. The zero-order chi connectivity index (χ0) is 26.0. The Bertz CT molecular complexity index is 1400. The molecule has 1 fully saturated rings. The number of hydrogen-bond acceptors (Lipinski definition) is 6. The first kappa shape index (κ1) is 25.0. The van der Waals surface area contributed by atoms with Crippen LogP contribution >= 0.6 is 0 Å². The Morgan fingerprint density at radius 1 is 1.25 bits per heavy atom. The Hall–Kier alpha value is -4.15. The second-order valence-corrected chi connectivity index (χ2v) is 8.32. The number of esters is 1. The quantitative estimate of drug-likeness (QED) is 0.386. The van der Waals surface area contributed by atoms with Gasteiger partial charge in [0.25, 0.3) is 11.5 Å². The molecular weight excluding hydrogens is 479 g/mol. The summed E-state index contributed by atoms with van der Waals surface area (Å²) in [6, 6.07) is 7.20. The van der Waals surface area contributed by atoms with Gasteiger partial charge in [-0.15, -0.1) is 0 Å². The maximum absolute atomic E-state index is 13.3. The summed E-state index contributed by atoms with van der Waals surface area (Å²) >= 11 is 0. The number of amides is 1. The molecule has 36 heavy (non-hydrogen) atoms. The van der Waals surface area contributed by atoms with Crippen molar-refractivity contribution in [2.45, 2.75) is 38.4 Å². The van der Waals surface area contributed by atoms with Crippen LogP contribution in [-0.2, 0) is 22.3 Å². The van der Waals surface area contributed by atoms with Gasteiger partial charge in [-0.1, -0.05) is 11.2 Å². The van der Waals surface area contributed by atoms with Crippen molar-refractivity contribution < 1.29 is 32.0 Å². The van der Waals surface area contributed by atoms with Crippen LogP contribution in [0.1, 0.15) is 57.4 Å². The number of aromatic nitrogens is 2. The highest BCUT2D eigenvalue weighted by Gasteiger charge is 2.31. The molecule has 1 saturated carbocycles. The van der Waals surface area contributed by atoms with Crippen molar-refractivity contribution in [2.75, 3.05) is 7.11 Å². The minimum absolute atomic E-state index is 0.0389. The van der Waals surface area contributed by atoms with Crippen molar-refractivity contribution in [1.29, 1.82) is 0 Å². The molecule has 1 aliphatic rings. The normalized spacial score (nSPS) is 13.7. The van der Waals surface area contributed by atoms with E-state index < -0.39 is 29.2 Å². The second-order valence-electron chi connectivity index (χ2n) is 8.32. The van der Waals surface area contributed by atoms with E-state index in [1.807, 2.05) is 0 Å². The van der Waals surface area contributed by atoms with Gasteiger partial charge in [-0.25, -0.2) is 4.79 Å². The highest BCUT2D eigenvalue weighted by molar-refractivity contribution is 5.95. The number of hydrogen-bond donors (Lipinski definition) is 1. The Balaban J connectivity index is 1.73. The zero-order valence-corrected chi connectivity index (χ0v) is 19.4. The van der Waals surface area contributed by atoms with Gasteiger partial charge in [0.15, 0.2) is 5.76 Å². The monoisotopic (exact) mass is 501 g/mol. The summed E-state index contributed by atoms with van der Waals surface area (Å²) in [5.41, 5.74) is -0.904. The standard InChI is InChI=1S/C25H22F3N3O5/c1-14-16(8-9-22(32)35-2)10-20(23(33)29-13-19-12-21(30-36-19)15-6-7-15)24(34)31(14)18-5-3-4-17(11-18)25(26,27)28/h3-5,8-12,15H,6-7,13H2,1-2H3,(H,29,33). The minimum Gasteiger partial charge on any atom is -0.466 e. The van der Waals surface area contributed by atoms with E-state index in [2.05, 4.69) is 15.2 Å². The first-order chi connectivity index (χ1) is 17.1. The maximum atomic E-state index is 13.3. The number of halogens is 3. The molecule has 188 valence electrons. The maximum Gasteiger partial charge on any atom is 0.416 e. The van der Waals surface area contributed by atoms with Gasteiger partial charge in [-0.2, -0.15) is 13.2 Å². The molecule has 0 unspecified atom stereocenters. The topological polar surface area (TPSA) is 103 Å². The van der Waals surface area contributed by atoms with E-state index in [9.17, 15) is 27.6 Å². The number of nitrogens with one attached hydrogen (secondary N) is 1. The van der Waals surface area contributed by atoms with E-state index in [0.717, 1.165) is 41.3 Å². The number of ether oxygens (including phenoxy) is 1. The van der Waals surface area contributed by atoms with E-state index in [0.29, 0.717) is 11.7 Å². The molecule has 3 aromatic rings. The highest BCUT2D eigenvalue weighted by Crippen LogP contribution is 2.39. The van der Waals surface area contributed by atoms with Crippen molar-refractivity contribution in [2.24, 2.45) is 0 Å². The lowest BCUT2D eigenvalue weighted by molar-refractivity contribution is -0.137. The number of carbonyl (C=O) groups is 2. The summed E-state index contributed by atoms with van der Waals surface area (Å²) in [7, 11) is 1.18. The van der Waals surface area contributed by atoms with Crippen molar-refractivity contribution in [3.05, 3.63) is 86.7 Å². The average Bonchev–Trinajstić information content (AvgIpc) is 3.59. The summed E-state index contributed by atoms with van der Waals surface area (Å²) in [4.78, 5) is 37.9. The van der Waals surface area contributed by atoms with E-state index in [4.69, 9.17) is 4.52 Å². The molecule has 1 aromatic carbocycles. The Morgan fingerprint density at radius 3 is 2.67 bits per heavy atom. The third-order valence-corrected chi connectivity index (χ3v) is 5.76. The molecule has 8 nitrogen and oxygen atoms in total. The number of benzene rings is 1. The van der Waals surface area contributed by atoms with Crippen LogP contribution in [0.15, 0.2) is 51.8 Å². The molecule has 11 heteroatoms. The Morgan fingerprint density at radius 2 is 2.00 bits per heavy atom. The van der Waals surface area contributed by atoms with Crippen LogP contribution in [0.3, 0.4) is 0 Å². The Kier molecular flexibility index (Phi) is 6.82. The van der Waals surface area contributed by atoms with Gasteiger partial charge in [0.2, 0.25) is 0 Å². The van der Waals surface area contributed by atoms with E-state index in [1.54, 1.807) is 6.07 Å². The van der Waals surface area contributed by atoms with Crippen LogP contribution in [-0.4, -0.2) is 28.7 Å². The van der Waals surface area contributed by atoms with Crippen molar-refractivity contribution in [3.8, 4) is 5.69 Å². The van der Waals surface area contributed by atoms with Crippen molar-refractivity contribution in [3.63, 3.8) is 0 Å². The van der Waals surface area contributed by atoms with Crippen LogP contribution in [0.4, 0.5) is 13.2 Å². The van der Waals surface area contributed by atoms with Crippen LogP contribution in [0.5, 0.6) is 0 Å². The number of carbonyl (C=O) groups excluding carboxylic acids is 2. The molecule has 2 heterocycles. The summed E-state index contributed by atoms with van der Waals surface area (Å²) in [6.07, 6.45) is -0.178. The van der Waals surface area contributed by atoms with Gasteiger partial charge < -0.3 is 14.6 Å². The van der Waals surface area contributed by atoms with Crippen molar-refractivity contribution in [1.82, 2.24) is 15.0 Å². The van der Waals surface area contributed by atoms with Gasteiger partial charge in [0, 0.05) is 29.4 Å². The Labute approximate surface area is 203 Å². The second kappa shape index (κ2) is 9.84. The predicted molar refractivity (Wildman–Crippen MR) is 122 cm³/mol. The molecule has 1 N–H and O–H groups in total. The zero-order valence-electron chi connectivity index (χ0n) is 19.4. The largest absolute Gasteiger partial charge is 0.466 e. The summed E-state index contributed by atoms with van der Waals surface area (Å²) in [6.45, 7) is 1.46. The number of pyridine rings is 1. The fourth-order valence-corrected chi connectivity index (χ4v) is 3.66. The first-order valence-corrected chi connectivity index (χ1v) is 11.0. The fraction of sp³-hybridized carbons (Fsp3) is 0.280. The third kappa shape index (κ3) is 5.40. The summed E-state index contributed by atoms with van der Waals surface area (Å²) < 4.78 is 50.7. The van der Waals surface area contributed by atoms with Gasteiger partial charge in [0.05, 0.1) is 24.9 Å². The molecule has 0 bridgehead atoms. The molecule has 2 aromatic heterocycles. The lowest BCUT2D eigenvalue weighted by Crippen LogP contribution is -2.33. The number of nitrogens with zero attached hydrogens (tertiary/aromatic N) is 2. The molecule has 4 rings (SSSR count). The van der Waals surface area contributed by atoms with Crippen LogP contribution in [0, 0.1) is 6.92 Å². The predicted octanol–water partition coefficient (Wildman–Crippen LogP) is 4.15. The smallest absolute Gasteiger partial charge is 0.416 e. The molecule has 0 atom stereocenters. The molecule has 0 saturated heterocycles. The van der Waals surface area contributed by atoms with Gasteiger partial charge in [-0.3, -0.25) is 14.2 Å². The van der Waals surface area contributed by atoms with Gasteiger partial charge in [0.1, 0.15) is 5.56 Å². The lowest BCUT2D eigenvalue weighted by atomic mass is 10.1. The SMILES string of the molecule is COC(=O)C=Cc1cc(C(=O)NCc2cc(C3CC3)no2)c(=O)n(-c2cccc(C(F)(F)F)c2)c1C. The molecule has 0 radical (unpaired) electrons. The van der Waals surface area contributed by atoms with Crippen LogP contribution < -0.4 is 10.9 Å². The van der Waals surface area contributed by atoms with E-state index in [1.165, 1.54) is 38.3 Å². The minimum atomic E-state index is -4.63. The third-order valence-electron chi connectivity index (χ3n) is 5.76. The van der Waals surface area contributed by atoms with Crippen LogP contribution in [0.25, 0.3) is 11.8 Å². The van der Waals surface area contributed by atoms with E-state index >= 15 is 0 Å². The molecule has 0 aliphatic heterocycles. The average molecular weight is 501 g/mol. The summed E-state index contributed by atoms with van der Waals surface area (Å²) in [5.74, 6) is -0.688.